The van der Waals surface area contributed by atoms with Gasteiger partial charge in [0, 0.05) is 0 Å². The quantitative estimate of drug-likeness (QED) is 0.794. The largest absolute Gasteiger partial charge is 0.392 e. The zero-order chi connectivity index (χ0) is 15.4. The second-order valence-electron chi connectivity index (χ2n) is 5.35. The van der Waals surface area contributed by atoms with Gasteiger partial charge in [0.15, 0.2) is 0 Å². The molecule has 1 aromatic rings. The molecule has 1 fully saturated rings. The third-order valence-corrected chi connectivity index (χ3v) is 4.78. The molecule has 6 heteroatoms. The molecule has 1 saturated carbocycles. The third-order valence-electron chi connectivity index (χ3n) is 3.91. The van der Waals surface area contributed by atoms with E-state index in [0.29, 0.717) is 0 Å². The van der Waals surface area contributed by atoms with Crippen LogP contribution in [-0.2, 0) is 0 Å². The number of hydrogen-bond acceptors (Lipinski definition) is 2. The van der Waals surface area contributed by atoms with Crippen molar-refractivity contribution in [2.24, 2.45) is 11.7 Å². The summed E-state index contributed by atoms with van der Waals surface area (Å²) in [4.78, 5) is 12.6. The minimum Gasteiger partial charge on any atom is -0.392 e. The molecule has 0 bridgehead atoms. The predicted molar refractivity (Wildman–Crippen MR) is 88.7 cm³/mol. The number of benzene rings is 1. The summed E-state index contributed by atoms with van der Waals surface area (Å²) in [5, 5.41) is 2.80. The van der Waals surface area contributed by atoms with Gasteiger partial charge in [0.05, 0.1) is 21.1 Å². The van der Waals surface area contributed by atoms with Gasteiger partial charge in [0.25, 0.3) is 5.91 Å². The van der Waals surface area contributed by atoms with Gasteiger partial charge in [-0.05, 0) is 46.8 Å². The highest BCUT2D eigenvalue weighted by Gasteiger charge is 2.28. The number of nitrogens with two attached hydrogens (primary N) is 1. The van der Waals surface area contributed by atoms with E-state index in [1.165, 1.54) is 12.5 Å². The highest BCUT2D eigenvalue weighted by atomic mass is 79.9. The van der Waals surface area contributed by atoms with E-state index in [0.717, 1.165) is 25.7 Å². The van der Waals surface area contributed by atoms with Crippen LogP contribution in [0.3, 0.4) is 0 Å². The van der Waals surface area contributed by atoms with Crippen molar-refractivity contribution in [2.45, 2.75) is 38.1 Å². The molecule has 0 heterocycles. The molecule has 3 nitrogen and oxygen atoms in total. The Kier molecular flexibility index (Phi) is 5.70. The Bertz CT molecular complexity index is 546. The van der Waals surface area contributed by atoms with Crippen molar-refractivity contribution in [3.63, 3.8) is 0 Å². The van der Waals surface area contributed by atoms with Crippen LogP contribution in [0.25, 0.3) is 0 Å². The highest BCUT2D eigenvalue weighted by Crippen LogP contribution is 2.27. The van der Waals surface area contributed by atoms with Crippen LogP contribution in [0.4, 0.5) is 4.39 Å². The van der Waals surface area contributed by atoms with Gasteiger partial charge < -0.3 is 11.1 Å². The summed E-state index contributed by atoms with van der Waals surface area (Å²) in [6, 6.07) is 4.26. The highest BCUT2D eigenvalue weighted by molar-refractivity contribution is 9.10. The SMILES string of the molecule is NC(=S)C(NC(=O)c1cccc(Br)c1F)C1CCCCC1. The summed E-state index contributed by atoms with van der Waals surface area (Å²) in [6.07, 6.45) is 5.41. The Balaban J connectivity index is 2.14. The summed E-state index contributed by atoms with van der Waals surface area (Å²) in [6.45, 7) is 0. The van der Waals surface area contributed by atoms with Crippen LogP contribution in [0.5, 0.6) is 0 Å². The van der Waals surface area contributed by atoms with Crippen molar-refractivity contribution in [1.29, 1.82) is 0 Å². The number of carbonyl (C=O) groups is 1. The van der Waals surface area contributed by atoms with Gasteiger partial charge in [-0.15, -0.1) is 0 Å². The molecule has 0 aliphatic heterocycles. The summed E-state index contributed by atoms with van der Waals surface area (Å²) >= 11 is 8.17. The number of carbonyl (C=O) groups excluding carboxylic acids is 1. The standard InChI is InChI=1S/C15H18BrFN2OS/c16-11-8-4-7-10(12(11)17)15(20)19-13(14(18)21)9-5-2-1-3-6-9/h4,7-9,13H,1-3,5-6H2,(H2,18,21)(H,19,20). The van der Waals surface area contributed by atoms with Crippen LogP contribution in [0.15, 0.2) is 22.7 Å². The maximum Gasteiger partial charge on any atom is 0.254 e. The third kappa shape index (κ3) is 4.01. The average molecular weight is 373 g/mol. The number of nitrogens with one attached hydrogen (secondary N) is 1. The lowest BCUT2D eigenvalue weighted by atomic mass is 9.83. The first-order chi connectivity index (χ1) is 10.0. The molecule has 21 heavy (non-hydrogen) atoms. The van der Waals surface area contributed by atoms with E-state index in [9.17, 15) is 9.18 Å². The second kappa shape index (κ2) is 7.31. The number of thiocarbonyl (C=S) groups is 1. The van der Waals surface area contributed by atoms with Crippen molar-refractivity contribution in [1.82, 2.24) is 5.32 Å². The molecule has 0 saturated heterocycles. The number of hydrogen-bond donors (Lipinski definition) is 2. The lowest BCUT2D eigenvalue weighted by molar-refractivity contribution is 0.0927. The lowest BCUT2D eigenvalue weighted by Crippen LogP contribution is -2.49. The van der Waals surface area contributed by atoms with Gasteiger partial charge in [0.1, 0.15) is 5.82 Å². The minimum atomic E-state index is -0.569. The van der Waals surface area contributed by atoms with E-state index in [1.807, 2.05) is 0 Å². The first-order valence-electron chi connectivity index (χ1n) is 7.05. The van der Waals surface area contributed by atoms with Crippen molar-refractivity contribution in [3.05, 3.63) is 34.1 Å². The molecule has 1 aliphatic carbocycles. The van der Waals surface area contributed by atoms with Crippen molar-refractivity contribution in [3.8, 4) is 0 Å². The second-order valence-corrected chi connectivity index (χ2v) is 6.68. The lowest BCUT2D eigenvalue weighted by Gasteiger charge is -2.30. The Labute approximate surface area is 137 Å². The van der Waals surface area contributed by atoms with Crippen LogP contribution in [0, 0.1) is 11.7 Å². The van der Waals surface area contributed by atoms with E-state index in [2.05, 4.69) is 21.2 Å². The summed E-state index contributed by atoms with van der Waals surface area (Å²) < 4.78 is 14.2. The minimum absolute atomic E-state index is 0.00133. The van der Waals surface area contributed by atoms with E-state index in [4.69, 9.17) is 18.0 Å². The zero-order valence-electron chi connectivity index (χ0n) is 11.6. The molecule has 114 valence electrons. The first-order valence-corrected chi connectivity index (χ1v) is 8.25. The van der Waals surface area contributed by atoms with Gasteiger partial charge in [0.2, 0.25) is 0 Å². The number of rotatable bonds is 4. The molecule has 0 radical (unpaired) electrons. The monoisotopic (exact) mass is 372 g/mol. The Hall–Kier alpha value is -1.01. The predicted octanol–water partition coefficient (Wildman–Crippen LogP) is 3.55. The Morgan fingerprint density at radius 2 is 2.05 bits per heavy atom. The van der Waals surface area contributed by atoms with Crippen LogP contribution in [-0.4, -0.2) is 16.9 Å². The molecule has 0 spiro atoms. The fourth-order valence-corrected chi connectivity index (χ4v) is 3.40. The van der Waals surface area contributed by atoms with Gasteiger partial charge in [-0.3, -0.25) is 4.79 Å². The van der Waals surface area contributed by atoms with Gasteiger partial charge in [-0.25, -0.2) is 4.39 Å². The smallest absolute Gasteiger partial charge is 0.254 e. The molecule has 1 atom stereocenters. The summed E-state index contributed by atoms with van der Waals surface area (Å²) in [5.74, 6) is -0.798. The van der Waals surface area contributed by atoms with E-state index >= 15 is 0 Å². The number of halogens is 2. The van der Waals surface area contributed by atoms with Crippen LogP contribution in [0.2, 0.25) is 0 Å². The molecule has 0 aromatic heterocycles. The van der Waals surface area contributed by atoms with Gasteiger partial charge in [-0.1, -0.05) is 37.5 Å². The van der Waals surface area contributed by atoms with E-state index < -0.39 is 11.7 Å². The maximum atomic E-state index is 14.0. The Morgan fingerprint density at radius 3 is 2.67 bits per heavy atom. The van der Waals surface area contributed by atoms with Crippen LogP contribution < -0.4 is 11.1 Å². The summed E-state index contributed by atoms with van der Waals surface area (Å²) in [5.41, 5.74) is 5.78. The van der Waals surface area contributed by atoms with Crippen molar-refractivity contribution in [2.75, 3.05) is 0 Å². The molecule has 3 N–H and O–H groups in total. The first kappa shape index (κ1) is 16.4. The molecule has 1 amide bonds. The van der Waals surface area contributed by atoms with E-state index in [1.54, 1.807) is 12.1 Å². The fraction of sp³-hybridized carbons (Fsp3) is 0.467. The average Bonchev–Trinajstić information content (AvgIpc) is 2.48. The topological polar surface area (TPSA) is 55.1 Å². The van der Waals surface area contributed by atoms with E-state index in [-0.39, 0.29) is 27.0 Å². The number of amides is 1. The molecular formula is C15H18BrFN2OS. The summed E-state index contributed by atoms with van der Waals surface area (Å²) in [7, 11) is 0. The van der Waals surface area contributed by atoms with Crippen molar-refractivity contribution < 1.29 is 9.18 Å². The molecule has 2 rings (SSSR count). The van der Waals surface area contributed by atoms with Crippen LogP contribution in [0.1, 0.15) is 42.5 Å². The zero-order valence-corrected chi connectivity index (χ0v) is 14.0. The van der Waals surface area contributed by atoms with Gasteiger partial charge in [-0.2, -0.15) is 0 Å². The molecule has 1 aliphatic rings. The Morgan fingerprint density at radius 1 is 1.38 bits per heavy atom. The fourth-order valence-electron chi connectivity index (χ4n) is 2.79. The van der Waals surface area contributed by atoms with Crippen LogP contribution >= 0.6 is 28.1 Å². The normalized spacial score (nSPS) is 17.2. The van der Waals surface area contributed by atoms with Crippen molar-refractivity contribution >= 4 is 39.0 Å². The molecule has 1 unspecified atom stereocenters. The molecular weight excluding hydrogens is 355 g/mol. The van der Waals surface area contributed by atoms with Gasteiger partial charge >= 0.3 is 0 Å². The molecule has 1 aromatic carbocycles. The maximum absolute atomic E-state index is 14.0.